The molecule has 7 heteroatoms. The zero-order valence-electron chi connectivity index (χ0n) is 18.5. The minimum absolute atomic E-state index is 0.0845. The van der Waals surface area contributed by atoms with Crippen LogP contribution in [0.15, 0.2) is 41.3 Å². The van der Waals surface area contributed by atoms with Crippen molar-refractivity contribution >= 4 is 44.1 Å². The maximum atomic E-state index is 13.5. The Morgan fingerprint density at radius 2 is 2.03 bits per heavy atom. The van der Waals surface area contributed by atoms with Gasteiger partial charge in [0.2, 0.25) is 5.91 Å². The van der Waals surface area contributed by atoms with Crippen molar-refractivity contribution in [3.05, 3.63) is 57.3 Å². The molecule has 4 heterocycles. The van der Waals surface area contributed by atoms with Crippen molar-refractivity contribution in [3.8, 4) is 0 Å². The Balaban J connectivity index is 1.58. The Morgan fingerprint density at radius 1 is 1.29 bits per heavy atom. The molecule has 0 aliphatic carbocycles. The fraction of sp³-hybridized carbons (Fsp3) is 0.375. The number of fused-ring (bicyclic) bond motifs is 4. The molecule has 1 aromatic carbocycles. The smallest absolute Gasteiger partial charge is 0.291 e. The number of aromatic nitrogens is 3. The normalized spacial score (nSPS) is 18.0. The highest BCUT2D eigenvalue weighted by Gasteiger charge is 2.39. The second-order valence-corrected chi connectivity index (χ2v) is 10.5. The van der Waals surface area contributed by atoms with E-state index in [1.165, 1.54) is 15.1 Å². The molecular weight excluding hydrogens is 408 g/mol. The van der Waals surface area contributed by atoms with Crippen LogP contribution in [0, 0.1) is 6.92 Å². The van der Waals surface area contributed by atoms with Gasteiger partial charge >= 0.3 is 0 Å². The third-order valence-corrected chi connectivity index (χ3v) is 7.52. The topological polar surface area (TPSA) is 60.1 Å². The predicted octanol–water partition coefficient (Wildman–Crippen LogP) is 4.58. The van der Waals surface area contributed by atoms with Gasteiger partial charge in [-0.15, -0.1) is 11.3 Å². The summed E-state index contributed by atoms with van der Waals surface area (Å²) in [6.45, 7) is 8.35. The molecule has 0 unspecified atom stereocenters. The minimum Gasteiger partial charge on any atom is -0.338 e. The Hall–Kier alpha value is -2.93. The van der Waals surface area contributed by atoms with Crippen molar-refractivity contribution < 1.29 is 4.79 Å². The fourth-order valence-electron chi connectivity index (χ4n) is 5.20. The van der Waals surface area contributed by atoms with Gasteiger partial charge in [-0.25, -0.2) is 4.68 Å². The van der Waals surface area contributed by atoms with Crippen molar-refractivity contribution in [3.63, 3.8) is 0 Å². The highest BCUT2D eigenvalue weighted by molar-refractivity contribution is 7.20. The molecular formula is C24H26N4O2S. The third kappa shape index (κ3) is 2.94. The van der Waals surface area contributed by atoms with Gasteiger partial charge in [0, 0.05) is 28.5 Å². The van der Waals surface area contributed by atoms with Crippen LogP contribution in [0.3, 0.4) is 0 Å². The number of hydrogen-bond acceptors (Lipinski definition) is 4. The fourth-order valence-corrected chi connectivity index (χ4v) is 6.25. The molecule has 6 nitrogen and oxygen atoms in total. The first-order valence-electron chi connectivity index (χ1n) is 10.6. The van der Waals surface area contributed by atoms with Crippen LogP contribution >= 0.6 is 11.3 Å². The highest BCUT2D eigenvalue weighted by atomic mass is 32.1. The number of para-hydroxylation sites is 1. The van der Waals surface area contributed by atoms with Gasteiger partial charge < -0.3 is 9.47 Å². The first kappa shape index (κ1) is 20.0. The summed E-state index contributed by atoms with van der Waals surface area (Å²) in [7, 11) is 1.90. The Kier molecular flexibility index (Phi) is 4.38. The largest absolute Gasteiger partial charge is 0.338 e. The van der Waals surface area contributed by atoms with E-state index < -0.39 is 0 Å². The van der Waals surface area contributed by atoms with Crippen LogP contribution in [0.2, 0.25) is 0 Å². The summed E-state index contributed by atoms with van der Waals surface area (Å²) in [4.78, 5) is 29.9. The van der Waals surface area contributed by atoms with E-state index in [0.717, 1.165) is 27.7 Å². The minimum atomic E-state index is -0.344. The van der Waals surface area contributed by atoms with E-state index in [1.54, 1.807) is 17.5 Å². The molecule has 5 rings (SSSR count). The molecule has 1 atom stereocenters. The van der Waals surface area contributed by atoms with Crippen LogP contribution in [0.1, 0.15) is 43.6 Å². The lowest BCUT2D eigenvalue weighted by Gasteiger charge is -2.46. The van der Waals surface area contributed by atoms with Gasteiger partial charge in [-0.3, -0.25) is 9.59 Å². The van der Waals surface area contributed by atoms with E-state index in [2.05, 4.69) is 44.9 Å². The summed E-state index contributed by atoms with van der Waals surface area (Å²) in [5.74, 6) is 0.248. The van der Waals surface area contributed by atoms with Crippen LogP contribution in [0.4, 0.5) is 5.69 Å². The van der Waals surface area contributed by atoms with Gasteiger partial charge in [-0.05, 0) is 50.8 Å². The zero-order valence-corrected chi connectivity index (χ0v) is 19.3. The van der Waals surface area contributed by atoms with E-state index in [0.29, 0.717) is 11.4 Å². The Morgan fingerprint density at radius 3 is 2.81 bits per heavy atom. The van der Waals surface area contributed by atoms with Gasteiger partial charge in [0.25, 0.3) is 5.56 Å². The standard InChI is InChI=1S/C24H26N4O2S/c1-14-11-24(3,4)28(18-9-7-6-8-16(14)18)20(29)13-27-23(30)21-17(12-25-27)22-19(26(21)5)10-15(2)31-22/h6-10,12,14H,11,13H2,1-5H3/t14-/m1/s1. The second kappa shape index (κ2) is 6.79. The van der Waals surface area contributed by atoms with Crippen LogP contribution in [0.25, 0.3) is 21.1 Å². The van der Waals surface area contributed by atoms with Crippen molar-refractivity contribution in [2.45, 2.75) is 52.1 Å². The van der Waals surface area contributed by atoms with Crippen LogP contribution < -0.4 is 10.5 Å². The summed E-state index contributed by atoms with van der Waals surface area (Å²) in [5.41, 5.74) is 3.15. The van der Waals surface area contributed by atoms with Crippen molar-refractivity contribution in [1.29, 1.82) is 0 Å². The molecule has 0 spiro atoms. The van der Waals surface area contributed by atoms with E-state index in [9.17, 15) is 9.59 Å². The molecule has 3 aromatic heterocycles. The average molecular weight is 435 g/mol. The number of thiophene rings is 1. The predicted molar refractivity (Wildman–Crippen MR) is 126 cm³/mol. The SMILES string of the molecule is Cc1cc2c(s1)c1cnn(CC(=O)N3c4ccccc4[C@H](C)CC3(C)C)c(=O)c1n2C. The number of hydrogen-bond donors (Lipinski definition) is 0. The molecule has 1 amide bonds. The summed E-state index contributed by atoms with van der Waals surface area (Å²) in [6.07, 6.45) is 2.59. The molecule has 4 aromatic rings. The maximum absolute atomic E-state index is 13.5. The molecule has 0 saturated carbocycles. The summed E-state index contributed by atoms with van der Waals surface area (Å²) in [5, 5.41) is 5.23. The molecule has 0 bridgehead atoms. The van der Waals surface area contributed by atoms with E-state index >= 15 is 0 Å². The summed E-state index contributed by atoms with van der Waals surface area (Å²) < 4.78 is 4.29. The molecule has 31 heavy (non-hydrogen) atoms. The van der Waals surface area contributed by atoms with Gasteiger partial charge in [-0.1, -0.05) is 25.1 Å². The maximum Gasteiger partial charge on any atom is 0.291 e. The molecule has 1 aliphatic heterocycles. The van der Waals surface area contributed by atoms with Gasteiger partial charge in [0.15, 0.2) is 0 Å². The number of carbonyl (C=O) groups excluding carboxylic acids is 1. The molecule has 0 saturated heterocycles. The number of rotatable bonds is 2. The van der Waals surface area contributed by atoms with Crippen molar-refractivity contribution in [1.82, 2.24) is 14.3 Å². The Labute approximate surface area is 184 Å². The number of anilines is 1. The second-order valence-electron chi connectivity index (χ2n) is 9.21. The number of nitrogens with zero attached hydrogens (tertiary/aromatic N) is 4. The van der Waals surface area contributed by atoms with E-state index in [1.807, 2.05) is 34.7 Å². The van der Waals surface area contributed by atoms with E-state index in [4.69, 9.17) is 0 Å². The lowest BCUT2D eigenvalue weighted by atomic mass is 9.80. The van der Waals surface area contributed by atoms with Crippen molar-refractivity contribution in [2.24, 2.45) is 7.05 Å². The first-order valence-corrected chi connectivity index (χ1v) is 11.4. The third-order valence-electron chi connectivity index (χ3n) is 6.45. The van der Waals surface area contributed by atoms with Crippen LogP contribution in [0.5, 0.6) is 0 Å². The van der Waals surface area contributed by atoms with Crippen molar-refractivity contribution in [2.75, 3.05) is 4.90 Å². The monoisotopic (exact) mass is 434 g/mol. The quantitative estimate of drug-likeness (QED) is 0.464. The molecule has 1 aliphatic rings. The number of benzene rings is 1. The van der Waals surface area contributed by atoms with Gasteiger partial charge in [0.05, 0.1) is 16.4 Å². The molecule has 0 radical (unpaired) electrons. The number of amides is 1. The van der Waals surface area contributed by atoms with Crippen LogP contribution in [-0.4, -0.2) is 25.8 Å². The first-order chi connectivity index (χ1) is 14.7. The summed E-state index contributed by atoms with van der Waals surface area (Å²) in [6, 6.07) is 10.1. The number of carbonyl (C=O) groups is 1. The van der Waals surface area contributed by atoms with Gasteiger partial charge in [-0.2, -0.15) is 5.10 Å². The molecule has 160 valence electrons. The average Bonchev–Trinajstić information content (AvgIpc) is 3.20. The molecule has 0 N–H and O–H groups in total. The summed E-state index contributed by atoms with van der Waals surface area (Å²) >= 11 is 1.66. The number of aryl methyl sites for hydroxylation is 2. The lowest BCUT2D eigenvalue weighted by molar-refractivity contribution is -0.120. The van der Waals surface area contributed by atoms with E-state index in [-0.39, 0.29) is 23.6 Å². The van der Waals surface area contributed by atoms with Gasteiger partial charge in [0.1, 0.15) is 12.1 Å². The lowest BCUT2D eigenvalue weighted by Crippen LogP contribution is -2.53. The Bertz CT molecular complexity index is 1410. The van der Waals surface area contributed by atoms with Crippen LogP contribution in [-0.2, 0) is 18.4 Å². The zero-order chi connectivity index (χ0) is 22.1. The highest BCUT2D eigenvalue weighted by Crippen LogP contribution is 2.43. The molecule has 0 fully saturated rings.